The first-order chi connectivity index (χ1) is 18.5. The molecule has 208 valence electrons. The van der Waals surface area contributed by atoms with E-state index < -0.39 is 48.2 Å². The lowest BCUT2D eigenvalue weighted by molar-refractivity contribution is -0.142. The van der Waals surface area contributed by atoms with Crippen molar-refractivity contribution in [2.75, 3.05) is 19.7 Å². The van der Waals surface area contributed by atoms with E-state index in [1.165, 1.54) is 4.90 Å². The van der Waals surface area contributed by atoms with Gasteiger partial charge >= 0.3 is 0 Å². The lowest BCUT2D eigenvalue weighted by Gasteiger charge is -2.33. The van der Waals surface area contributed by atoms with Gasteiger partial charge in [0.25, 0.3) is 5.91 Å². The van der Waals surface area contributed by atoms with Gasteiger partial charge in [-0.2, -0.15) is 0 Å². The number of carbonyl (C=O) groups is 5. The van der Waals surface area contributed by atoms with Gasteiger partial charge in [-0.05, 0) is 49.1 Å². The SMILES string of the molecule is C[C@H](NC(=O)c1cc2ccccc2[nH]1)C(=O)N1C[C@H]2[C@@H]([C@H]1C(=O)N[C@@H](C[C@@H]1CCNC1=O)C(=O)CO)C2(C)C. The Morgan fingerprint density at radius 1 is 1.18 bits per heavy atom. The molecule has 5 rings (SSSR count). The quantitative estimate of drug-likeness (QED) is 0.310. The molecule has 2 aromatic rings. The number of ketones is 1. The average molecular weight is 538 g/mol. The predicted octanol–water partition coefficient (Wildman–Crippen LogP) is 0.342. The molecule has 1 aromatic heterocycles. The number of H-pyrrole nitrogens is 1. The first-order valence-electron chi connectivity index (χ1n) is 13.4. The van der Waals surface area contributed by atoms with Crippen LogP contribution in [0.2, 0.25) is 0 Å². The normalized spacial score (nSPS) is 26.5. The second-order valence-electron chi connectivity index (χ2n) is 11.6. The Hall–Kier alpha value is -3.73. The van der Waals surface area contributed by atoms with Crippen LogP contribution in [0.3, 0.4) is 0 Å². The highest BCUT2D eigenvalue weighted by Gasteiger charge is 2.69. The molecule has 11 nitrogen and oxygen atoms in total. The minimum absolute atomic E-state index is 0.0894. The van der Waals surface area contributed by atoms with E-state index in [0.29, 0.717) is 25.2 Å². The molecule has 1 saturated carbocycles. The van der Waals surface area contributed by atoms with E-state index in [1.807, 2.05) is 38.1 Å². The molecular weight excluding hydrogens is 502 g/mol. The molecule has 2 aliphatic heterocycles. The number of likely N-dealkylation sites (tertiary alicyclic amines) is 1. The molecular formula is C28H35N5O6. The minimum atomic E-state index is -1.03. The van der Waals surface area contributed by atoms with Crippen molar-refractivity contribution in [3.8, 4) is 0 Å². The third-order valence-corrected chi connectivity index (χ3v) is 8.80. The molecule has 0 bridgehead atoms. The number of rotatable bonds is 9. The molecule has 2 saturated heterocycles. The second kappa shape index (κ2) is 10.1. The molecule has 3 heterocycles. The molecule has 1 aliphatic carbocycles. The van der Waals surface area contributed by atoms with Crippen molar-refractivity contribution in [3.05, 3.63) is 36.0 Å². The van der Waals surface area contributed by atoms with Crippen LogP contribution in [-0.4, -0.2) is 82.2 Å². The largest absolute Gasteiger partial charge is 0.389 e. The molecule has 0 spiro atoms. The molecule has 5 N–H and O–H groups in total. The lowest BCUT2D eigenvalue weighted by Crippen LogP contribution is -2.57. The van der Waals surface area contributed by atoms with E-state index in [0.717, 1.165) is 10.9 Å². The Kier molecular flexibility index (Phi) is 6.96. The molecule has 3 aliphatic rings. The van der Waals surface area contributed by atoms with Gasteiger partial charge in [0.2, 0.25) is 17.7 Å². The van der Waals surface area contributed by atoms with Gasteiger partial charge in [-0.1, -0.05) is 32.0 Å². The summed E-state index contributed by atoms with van der Waals surface area (Å²) in [7, 11) is 0. The summed E-state index contributed by atoms with van der Waals surface area (Å²) >= 11 is 0. The molecule has 0 unspecified atom stereocenters. The molecule has 0 radical (unpaired) electrons. The van der Waals surface area contributed by atoms with Crippen molar-refractivity contribution >= 4 is 40.3 Å². The first kappa shape index (κ1) is 26.9. The minimum Gasteiger partial charge on any atom is -0.389 e. The zero-order chi connectivity index (χ0) is 28.1. The van der Waals surface area contributed by atoms with Crippen LogP contribution in [0.4, 0.5) is 0 Å². The van der Waals surface area contributed by atoms with Gasteiger partial charge in [-0.15, -0.1) is 0 Å². The average Bonchev–Trinajstić information content (AvgIpc) is 3.42. The maximum Gasteiger partial charge on any atom is 0.268 e. The van der Waals surface area contributed by atoms with Gasteiger partial charge in [0.15, 0.2) is 5.78 Å². The zero-order valence-electron chi connectivity index (χ0n) is 22.3. The molecule has 1 aromatic carbocycles. The number of amides is 4. The van der Waals surface area contributed by atoms with Crippen molar-refractivity contribution in [3.63, 3.8) is 0 Å². The Labute approximate surface area is 226 Å². The van der Waals surface area contributed by atoms with Gasteiger partial charge in [0, 0.05) is 29.9 Å². The highest BCUT2D eigenvalue weighted by molar-refractivity contribution is 6.01. The van der Waals surface area contributed by atoms with E-state index in [9.17, 15) is 29.1 Å². The number of hydrogen-bond acceptors (Lipinski definition) is 6. The predicted molar refractivity (Wildman–Crippen MR) is 141 cm³/mol. The molecule has 6 atom stereocenters. The summed E-state index contributed by atoms with van der Waals surface area (Å²) in [6.45, 7) is 5.79. The number of aromatic amines is 1. The smallest absolute Gasteiger partial charge is 0.268 e. The Morgan fingerprint density at radius 3 is 2.59 bits per heavy atom. The van der Waals surface area contributed by atoms with Gasteiger partial charge in [0.05, 0.1) is 6.04 Å². The number of aliphatic hydroxyl groups is 1. The van der Waals surface area contributed by atoms with Crippen molar-refractivity contribution in [1.29, 1.82) is 0 Å². The first-order valence-corrected chi connectivity index (χ1v) is 13.4. The van der Waals surface area contributed by atoms with E-state index in [2.05, 4.69) is 20.9 Å². The summed E-state index contributed by atoms with van der Waals surface area (Å²) in [5.41, 5.74) is 0.983. The Bertz CT molecular complexity index is 1300. The highest BCUT2D eigenvalue weighted by atomic mass is 16.3. The molecule has 39 heavy (non-hydrogen) atoms. The summed E-state index contributed by atoms with van der Waals surface area (Å²) in [5, 5.41) is 18.6. The van der Waals surface area contributed by atoms with E-state index in [4.69, 9.17) is 0 Å². The van der Waals surface area contributed by atoms with E-state index in [1.54, 1.807) is 13.0 Å². The monoisotopic (exact) mass is 537 g/mol. The number of hydrogen-bond donors (Lipinski definition) is 5. The second-order valence-corrected chi connectivity index (χ2v) is 11.6. The van der Waals surface area contributed by atoms with Crippen LogP contribution >= 0.6 is 0 Å². The highest BCUT2D eigenvalue weighted by Crippen LogP contribution is 2.64. The zero-order valence-corrected chi connectivity index (χ0v) is 22.3. The number of aliphatic hydroxyl groups excluding tert-OH is 1. The molecule has 11 heteroatoms. The number of carbonyl (C=O) groups excluding carboxylic acids is 5. The number of nitrogens with zero attached hydrogens (tertiary/aromatic N) is 1. The third kappa shape index (κ3) is 4.91. The van der Waals surface area contributed by atoms with Crippen LogP contribution in [0.5, 0.6) is 0 Å². The fourth-order valence-electron chi connectivity index (χ4n) is 6.39. The fraction of sp³-hybridized carbons (Fsp3) is 0.536. The van der Waals surface area contributed by atoms with Crippen LogP contribution in [0.1, 0.15) is 44.1 Å². The van der Waals surface area contributed by atoms with Crippen molar-refractivity contribution < 1.29 is 29.1 Å². The molecule has 4 amide bonds. The summed E-state index contributed by atoms with van der Waals surface area (Å²) in [6.07, 6.45) is 0.634. The van der Waals surface area contributed by atoms with Crippen molar-refractivity contribution in [2.45, 2.75) is 51.7 Å². The van der Waals surface area contributed by atoms with Crippen molar-refractivity contribution in [1.82, 2.24) is 25.8 Å². The maximum atomic E-state index is 13.6. The van der Waals surface area contributed by atoms with Gasteiger partial charge in [-0.25, -0.2) is 0 Å². The van der Waals surface area contributed by atoms with Crippen LogP contribution in [0.15, 0.2) is 30.3 Å². The topological polar surface area (TPSA) is 161 Å². The van der Waals surface area contributed by atoms with Gasteiger partial charge in [0.1, 0.15) is 24.4 Å². The fourth-order valence-corrected chi connectivity index (χ4v) is 6.39. The Balaban J connectivity index is 1.29. The number of aromatic nitrogens is 1. The number of benzene rings is 1. The number of nitrogens with one attached hydrogen (secondary N) is 4. The van der Waals surface area contributed by atoms with E-state index in [-0.39, 0.29) is 35.5 Å². The van der Waals surface area contributed by atoms with Gasteiger partial charge < -0.3 is 30.9 Å². The summed E-state index contributed by atoms with van der Waals surface area (Å²) in [6, 6.07) is 6.44. The number of piperidine rings is 1. The van der Waals surface area contributed by atoms with Crippen LogP contribution in [0, 0.1) is 23.2 Å². The third-order valence-electron chi connectivity index (χ3n) is 8.80. The number of fused-ring (bicyclic) bond motifs is 2. The van der Waals surface area contributed by atoms with E-state index >= 15 is 0 Å². The maximum absolute atomic E-state index is 13.6. The Morgan fingerprint density at radius 2 is 1.92 bits per heavy atom. The summed E-state index contributed by atoms with van der Waals surface area (Å²) in [5.74, 6) is -2.48. The standard InChI is InChI=1S/C28H35N5O6/c1-14(30-25(37)20-10-15-6-4-5-7-18(15)31-20)27(39)33-12-17-22(28(17,2)3)23(33)26(38)32-19(21(35)13-34)11-16-8-9-29-24(16)36/h4-7,10,14,16-17,19,22-23,31,34H,8-9,11-13H2,1-3H3,(H,29,36)(H,30,37)(H,32,38)/t14-,16-,17-,19-,22-,23-/m0/s1. The van der Waals surface area contributed by atoms with Crippen LogP contribution in [0.25, 0.3) is 10.9 Å². The van der Waals surface area contributed by atoms with Crippen LogP contribution < -0.4 is 16.0 Å². The summed E-state index contributed by atoms with van der Waals surface area (Å²) in [4.78, 5) is 69.1. The number of para-hydroxylation sites is 1. The lowest BCUT2D eigenvalue weighted by atomic mass is 9.94. The molecule has 3 fully saturated rings. The summed E-state index contributed by atoms with van der Waals surface area (Å²) < 4.78 is 0. The number of Topliss-reactive ketones (excluding diaryl/α,β-unsaturated/α-hetero) is 1. The van der Waals surface area contributed by atoms with Crippen molar-refractivity contribution in [2.24, 2.45) is 23.2 Å². The van der Waals surface area contributed by atoms with Gasteiger partial charge in [-0.3, -0.25) is 24.0 Å². The van der Waals surface area contributed by atoms with Crippen LogP contribution in [-0.2, 0) is 19.2 Å².